The number of carbonyl (C=O) groups is 3. The van der Waals surface area contributed by atoms with E-state index in [1.807, 2.05) is 68.4 Å². The third-order valence-electron chi connectivity index (χ3n) is 6.61. The quantitative estimate of drug-likeness (QED) is 0.337. The van der Waals surface area contributed by atoms with Crippen LogP contribution in [0.2, 0.25) is 0 Å². The molecular formula is C30H32BrN3O5S. The first-order valence-electron chi connectivity index (χ1n) is 13.1. The molecule has 0 saturated heterocycles. The lowest BCUT2D eigenvalue weighted by Gasteiger charge is -2.32. The minimum Gasteiger partial charge on any atom is -0.352 e. The number of hydrogen-bond donors (Lipinski definition) is 1. The van der Waals surface area contributed by atoms with Gasteiger partial charge < -0.3 is 10.2 Å². The monoisotopic (exact) mass is 625 g/mol. The third kappa shape index (κ3) is 6.79. The molecule has 10 heteroatoms. The van der Waals surface area contributed by atoms with Gasteiger partial charge in [-0.15, -0.1) is 0 Å². The minimum atomic E-state index is -3.96. The summed E-state index contributed by atoms with van der Waals surface area (Å²) in [5, 5.41) is 2.95. The molecule has 1 heterocycles. The maximum atomic E-state index is 13.8. The fraction of sp³-hybridized carbons (Fsp3) is 0.300. The highest BCUT2D eigenvalue weighted by Crippen LogP contribution is 2.30. The Kier molecular flexibility index (Phi) is 9.42. The van der Waals surface area contributed by atoms with Crippen molar-refractivity contribution in [2.45, 2.75) is 56.6 Å². The first kappa shape index (κ1) is 29.5. The topological polar surface area (TPSA) is 104 Å². The Morgan fingerprint density at radius 1 is 0.950 bits per heavy atom. The molecule has 0 saturated carbocycles. The molecule has 3 amide bonds. The van der Waals surface area contributed by atoms with Gasteiger partial charge in [0.15, 0.2) is 0 Å². The maximum Gasteiger partial charge on any atom is 0.269 e. The van der Waals surface area contributed by atoms with Crippen LogP contribution in [0.1, 0.15) is 48.2 Å². The van der Waals surface area contributed by atoms with Gasteiger partial charge in [-0.25, -0.2) is 12.7 Å². The van der Waals surface area contributed by atoms with Crippen molar-refractivity contribution < 1.29 is 22.8 Å². The summed E-state index contributed by atoms with van der Waals surface area (Å²) in [4.78, 5) is 41.6. The molecule has 0 fully saturated rings. The van der Waals surface area contributed by atoms with E-state index >= 15 is 0 Å². The number of benzene rings is 3. The van der Waals surface area contributed by atoms with Gasteiger partial charge >= 0.3 is 0 Å². The molecule has 3 aromatic carbocycles. The Balaban J connectivity index is 1.57. The highest BCUT2D eigenvalue weighted by atomic mass is 79.9. The molecule has 1 atom stereocenters. The first-order chi connectivity index (χ1) is 19.1. The van der Waals surface area contributed by atoms with Crippen LogP contribution in [0.25, 0.3) is 0 Å². The zero-order chi connectivity index (χ0) is 28.9. The largest absolute Gasteiger partial charge is 0.352 e. The fourth-order valence-corrected chi connectivity index (χ4v) is 6.79. The van der Waals surface area contributed by atoms with Crippen molar-refractivity contribution in [2.75, 3.05) is 6.54 Å². The molecule has 8 nitrogen and oxygen atoms in total. The highest BCUT2D eigenvalue weighted by Gasteiger charge is 2.40. The summed E-state index contributed by atoms with van der Waals surface area (Å²) in [6.45, 7) is 3.79. The minimum absolute atomic E-state index is 0.0177. The van der Waals surface area contributed by atoms with Crippen LogP contribution in [0.4, 0.5) is 0 Å². The second-order valence-corrected chi connectivity index (χ2v) is 12.7. The van der Waals surface area contributed by atoms with Crippen LogP contribution in [0.5, 0.6) is 0 Å². The van der Waals surface area contributed by atoms with E-state index in [1.54, 1.807) is 17.0 Å². The summed E-state index contributed by atoms with van der Waals surface area (Å²) in [7, 11) is -3.96. The third-order valence-corrected chi connectivity index (χ3v) is 8.94. The lowest BCUT2D eigenvalue weighted by Crippen LogP contribution is -2.51. The zero-order valence-corrected chi connectivity index (χ0v) is 24.8. The van der Waals surface area contributed by atoms with E-state index in [0.717, 1.165) is 19.9 Å². The molecule has 0 spiro atoms. The van der Waals surface area contributed by atoms with Crippen LogP contribution in [0.15, 0.2) is 88.2 Å². The van der Waals surface area contributed by atoms with Crippen molar-refractivity contribution in [1.29, 1.82) is 0 Å². The molecule has 210 valence electrons. The average Bonchev–Trinajstić information content (AvgIpc) is 3.11. The van der Waals surface area contributed by atoms with Crippen molar-refractivity contribution in [3.05, 3.63) is 100 Å². The number of amides is 3. The summed E-state index contributed by atoms with van der Waals surface area (Å²) in [5.74, 6) is -1.16. The molecule has 1 aliphatic heterocycles. The van der Waals surface area contributed by atoms with Crippen LogP contribution in [-0.4, -0.2) is 54.0 Å². The molecular weight excluding hydrogens is 594 g/mol. The lowest BCUT2D eigenvalue weighted by molar-refractivity contribution is -0.141. The number of fused-ring (bicyclic) bond motifs is 1. The maximum absolute atomic E-state index is 13.8. The molecule has 1 N–H and O–H groups in total. The summed E-state index contributed by atoms with van der Waals surface area (Å²) in [5.41, 5.74) is 1.88. The van der Waals surface area contributed by atoms with Crippen molar-refractivity contribution in [2.24, 2.45) is 0 Å². The van der Waals surface area contributed by atoms with Gasteiger partial charge in [-0.1, -0.05) is 70.5 Å². The number of rotatable bonds is 11. The van der Waals surface area contributed by atoms with Gasteiger partial charge in [0.1, 0.15) is 10.9 Å². The van der Waals surface area contributed by atoms with E-state index in [4.69, 9.17) is 0 Å². The summed E-state index contributed by atoms with van der Waals surface area (Å²) in [6.07, 6.45) is 0.397. The predicted molar refractivity (Wildman–Crippen MR) is 156 cm³/mol. The van der Waals surface area contributed by atoms with Crippen molar-refractivity contribution in [3.63, 3.8) is 0 Å². The number of carbonyl (C=O) groups excluding carboxylic acids is 3. The lowest BCUT2D eigenvalue weighted by atomic mass is 10.0. The van der Waals surface area contributed by atoms with Crippen LogP contribution in [0.3, 0.4) is 0 Å². The van der Waals surface area contributed by atoms with Crippen LogP contribution >= 0.6 is 15.9 Å². The molecule has 0 aromatic heterocycles. The molecule has 0 unspecified atom stereocenters. The molecule has 40 heavy (non-hydrogen) atoms. The van der Waals surface area contributed by atoms with Crippen molar-refractivity contribution in [3.8, 4) is 0 Å². The summed E-state index contributed by atoms with van der Waals surface area (Å²) in [6, 6.07) is 22.2. The highest BCUT2D eigenvalue weighted by molar-refractivity contribution is 9.10. The SMILES string of the molecule is CC(C)NC(=O)[C@H](Cc1ccccc1)N(Cc1cccc(Br)c1)C(=O)CCCN1C(=O)c2ccccc2S1(=O)=O. The van der Waals surface area contributed by atoms with E-state index in [2.05, 4.69) is 21.2 Å². The molecule has 0 radical (unpaired) electrons. The number of nitrogens with one attached hydrogen (secondary N) is 1. The number of sulfonamides is 1. The molecule has 0 bridgehead atoms. The normalized spacial score (nSPS) is 14.6. The molecule has 3 aromatic rings. The van der Waals surface area contributed by atoms with Crippen LogP contribution in [0, 0.1) is 0 Å². The number of halogens is 1. The van der Waals surface area contributed by atoms with Gasteiger partial charge in [-0.05, 0) is 55.7 Å². The van der Waals surface area contributed by atoms with Crippen LogP contribution in [-0.2, 0) is 32.6 Å². The standard InChI is InChI=1S/C30H32BrN3O5S/c1-21(2)32-29(36)26(19-22-10-4-3-5-11-22)33(20-23-12-8-13-24(31)18-23)28(35)16-9-17-34-30(37)25-14-6-7-15-27(25)40(34,38)39/h3-8,10-15,18,21,26H,9,16-17,19-20H2,1-2H3,(H,32,36)/t26-/m0/s1. The fourth-order valence-electron chi connectivity index (χ4n) is 4.74. The van der Waals surface area contributed by atoms with Crippen molar-refractivity contribution >= 4 is 43.7 Å². The van der Waals surface area contributed by atoms with Crippen LogP contribution < -0.4 is 5.32 Å². The Labute approximate surface area is 243 Å². The van der Waals surface area contributed by atoms with Crippen molar-refractivity contribution in [1.82, 2.24) is 14.5 Å². The summed E-state index contributed by atoms with van der Waals surface area (Å²) < 4.78 is 27.5. The van der Waals surface area contributed by atoms with Gasteiger partial charge in [0, 0.05) is 36.4 Å². The Bertz CT molecular complexity index is 1490. The van der Waals surface area contributed by atoms with Gasteiger partial charge in [-0.3, -0.25) is 14.4 Å². The van der Waals surface area contributed by atoms with E-state index < -0.39 is 22.0 Å². The Hall–Kier alpha value is -3.50. The molecule has 4 rings (SSSR count). The van der Waals surface area contributed by atoms with E-state index in [0.29, 0.717) is 6.42 Å². The second kappa shape index (κ2) is 12.8. The van der Waals surface area contributed by atoms with Gasteiger partial charge in [0.05, 0.1) is 5.56 Å². The van der Waals surface area contributed by atoms with E-state index in [1.165, 1.54) is 12.1 Å². The predicted octanol–water partition coefficient (Wildman–Crippen LogP) is 4.54. The number of hydrogen-bond acceptors (Lipinski definition) is 5. The smallest absolute Gasteiger partial charge is 0.269 e. The average molecular weight is 627 g/mol. The van der Waals surface area contributed by atoms with Gasteiger partial charge in [0.2, 0.25) is 11.8 Å². The van der Waals surface area contributed by atoms with Gasteiger partial charge in [0.25, 0.3) is 15.9 Å². The first-order valence-corrected chi connectivity index (χ1v) is 15.4. The summed E-state index contributed by atoms with van der Waals surface area (Å²) >= 11 is 3.47. The number of nitrogens with zero attached hydrogens (tertiary/aromatic N) is 2. The van der Waals surface area contributed by atoms with E-state index in [9.17, 15) is 22.8 Å². The molecule has 1 aliphatic rings. The van der Waals surface area contributed by atoms with E-state index in [-0.39, 0.29) is 54.2 Å². The second-order valence-electron chi connectivity index (χ2n) is 10.0. The Morgan fingerprint density at radius 2 is 1.62 bits per heavy atom. The van der Waals surface area contributed by atoms with Gasteiger partial charge in [-0.2, -0.15) is 0 Å². The Morgan fingerprint density at radius 3 is 2.30 bits per heavy atom. The zero-order valence-electron chi connectivity index (χ0n) is 22.4. The molecule has 0 aliphatic carbocycles.